The third-order valence-electron chi connectivity index (χ3n) is 16.8. The van der Waals surface area contributed by atoms with E-state index in [-0.39, 0.29) is 45.0 Å². The summed E-state index contributed by atoms with van der Waals surface area (Å²) in [5.74, 6) is -0.929. The van der Waals surface area contributed by atoms with E-state index in [1.807, 2.05) is 0 Å². The first-order valence-corrected chi connectivity index (χ1v) is 19.3. The third-order valence-corrected chi connectivity index (χ3v) is 16.8. The van der Waals surface area contributed by atoms with Crippen molar-refractivity contribution >= 4 is 11.9 Å². The Kier molecular flexibility index (Phi) is 8.81. The molecular formula is C40H62O10. The number of aliphatic carboxylic acids is 2. The summed E-state index contributed by atoms with van der Waals surface area (Å²) in [6, 6.07) is 0. The molecule has 7 rings (SSSR count). The molecule has 0 aromatic heterocycles. The van der Waals surface area contributed by atoms with Crippen LogP contribution in [0.4, 0.5) is 0 Å². The third kappa shape index (κ3) is 4.86. The van der Waals surface area contributed by atoms with Crippen molar-refractivity contribution in [2.24, 2.45) is 62.1 Å². The van der Waals surface area contributed by atoms with Crippen LogP contribution in [0.3, 0.4) is 0 Å². The molecule has 0 aromatic carbocycles. The van der Waals surface area contributed by atoms with E-state index in [2.05, 4.69) is 47.6 Å². The second-order valence-electron chi connectivity index (χ2n) is 19.6. The number of aliphatic hydroxyl groups excluding tert-OH is 3. The topological polar surface area (TPSA) is 163 Å². The lowest BCUT2D eigenvalue weighted by Gasteiger charge is -2.74. The molecule has 0 unspecified atom stereocenters. The zero-order valence-corrected chi connectivity index (χ0v) is 31.2. The Bertz CT molecular complexity index is 1410. The highest BCUT2D eigenvalue weighted by Gasteiger charge is 2.73. The van der Waals surface area contributed by atoms with Crippen molar-refractivity contribution in [3.8, 4) is 0 Å². The fourth-order valence-electron chi connectivity index (χ4n) is 14.7. The molecule has 6 fully saturated rings. The summed E-state index contributed by atoms with van der Waals surface area (Å²) in [4.78, 5) is 25.3. The van der Waals surface area contributed by atoms with Crippen molar-refractivity contribution < 1.29 is 49.3 Å². The van der Waals surface area contributed by atoms with Gasteiger partial charge >= 0.3 is 11.9 Å². The molecule has 6 aliphatic carbocycles. The zero-order chi connectivity index (χ0) is 36.4. The van der Waals surface area contributed by atoms with Crippen LogP contribution in [0.25, 0.3) is 0 Å². The Balaban J connectivity index is 1.23. The van der Waals surface area contributed by atoms with Gasteiger partial charge in [-0.3, -0.25) is 4.79 Å². The van der Waals surface area contributed by atoms with Crippen LogP contribution < -0.4 is 0 Å². The molecule has 7 aliphatic rings. The minimum Gasteiger partial charge on any atom is -0.481 e. The second kappa shape index (κ2) is 12.0. The van der Waals surface area contributed by atoms with Crippen molar-refractivity contribution in [3.63, 3.8) is 0 Å². The quantitative estimate of drug-likeness (QED) is 0.179. The van der Waals surface area contributed by atoms with Gasteiger partial charge in [-0.25, -0.2) is 4.79 Å². The highest BCUT2D eigenvalue weighted by Crippen LogP contribution is 2.78. The molecule has 1 heterocycles. The van der Waals surface area contributed by atoms with E-state index in [0.29, 0.717) is 30.8 Å². The van der Waals surface area contributed by atoms with Crippen LogP contribution in [0.2, 0.25) is 0 Å². The first kappa shape index (κ1) is 36.8. The largest absolute Gasteiger partial charge is 0.481 e. The van der Waals surface area contributed by atoms with Gasteiger partial charge < -0.3 is 39.7 Å². The van der Waals surface area contributed by atoms with Crippen LogP contribution in [0.15, 0.2) is 11.6 Å². The molecule has 50 heavy (non-hydrogen) atoms. The van der Waals surface area contributed by atoms with E-state index in [9.17, 15) is 35.1 Å². The van der Waals surface area contributed by atoms with Gasteiger partial charge in [0.2, 0.25) is 0 Å². The number of fused-ring (bicyclic) bond motifs is 6. The van der Waals surface area contributed by atoms with Gasteiger partial charge in [0.1, 0.15) is 18.3 Å². The average molecular weight is 703 g/mol. The number of carboxylic acid groups (broad SMARTS) is 2. The maximum Gasteiger partial charge on any atom is 0.335 e. The minimum atomic E-state index is -1.75. The van der Waals surface area contributed by atoms with E-state index in [1.54, 1.807) is 7.11 Å². The number of aliphatic hydroxyl groups is 3. The lowest BCUT2D eigenvalue weighted by atomic mass is 9.30. The number of rotatable bonds is 6. The Morgan fingerprint density at radius 3 is 2.26 bits per heavy atom. The fourth-order valence-corrected chi connectivity index (χ4v) is 14.7. The summed E-state index contributed by atoms with van der Waals surface area (Å²) in [5, 5.41) is 52.4. The first-order valence-electron chi connectivity index (χ1n) is 19.3. The number of methoxy groups -OCH3 is 1. The van der Waals surface area contributed by atoms with Crippen LogP contribution in [0, 0.1) is 62.1 Å². The summed E-state index contributed by atoms with van der Waals surface area (Å²) < 4.78 is 17.9. The number of hydrogen-bond donors (Lipinski definition) is 5. The van der Waals surface area contributed by atoms with Crippen LogP contribution in [0.5, 0.6) is 0 Å². The number of carbonyl (C=O) groups is 2. The summed E-state index contributed by atoms with van der Waals surface area (Å²) >= 11 is 0. The Hall–Kier alpha value is -1.56. The molecule has 1 saturated heterocycles. The maximum atomic E-state index is 13.5. The van der Waals surface area contributed by atoms with Crippen LogP contribution in [0.1, 0.15) is 112 Å². The molecule has 10 heteroatoms. The predicted molar refractivity (Wildman–Crippen MR) is 184 cm³/mol. The molecule has 0 amide bonds. The van der Waals surface area contributed by atoms with Gasteiger partial charge in [-0.2, -0.15) is 0 Å². The summed E-state index contributed by atoms with van der Waals surface area (Å²) in [6.45, 7) is 14.9. The molecule has 16 atom stereocenters. The lowest BCUT2D eigenvalue weighted by molar-refractivity contribution is -0.331. The summed E-state index contributed by atoms with van der Waals surface area (Å²) in [6.07, 6.45) is 4.17. The van der Waals surface area contributed by atoms with E-state index >= 15 is 0 Å². The molecule has 0 radical (unpaired) electrons. The van der Waals surface area contributed by atoms with Crippen LogP contribution in [-0.2, 0) is 23.8 Å². The number of allylic oxidation sites excluding steroid dienone is 2. The van der Waals surface area contributed by atoms with Gasteiger partial charge in [-0.15, -0.1) is 0 Å². The summed E-state index contributed by atoms with van der Waals surface area (Å²) in [5.41, 5.74) is 0.210. The highest BCUT2D eigenvalue weighted by atomic mass is 16.7. The van der Waals surface area contributed by atoms with Crippen molar-refractivity contribution in [1.29, 1.82) is 0 Å². The molecule has 282 valence electrons. The standard InChI is InChI=1S/C40H62O10/c1-35(2)18-22(20-48-7)40(34(46)47)16-15-38(5)23(24(40)19-35)10-11-25-36(3)14-12-26(37(4)13-8-9-21(31(36)37)17-39(25,38)6)49-33-29(43)27(41)28(42)30(50-33)32(44)45/h10,21-22,24-31,33,41-43H,8-9,11-20H2,1-7H3,(H,44,45)(H,46,47)/t21-,22-,24-,25+,26-,27-,28-,29+,30-,31+,33+,36+,37+,38+,39+,40+/m0/s1. The first-order chi connectivity index (χ1) is 23.3. The minimum absolute atomic E-state index is 0.00512. The van der Waals surface area contributed by atoms with E-state index < -0.39 is 48.1 Å². The normalized spacial score (nSPS) is 53.9. The Morgan fingerprint density at radius 1 is 0.880 bits per heavy atom. The molecule has 10 nitrogen and oxygen atoms in total. The average Bonchev–Trinajstić information content (AvgIpc) is 3.02. The van der Waals surface area contributed by atoms with Crippen LogP contribution in [-0.4, -0.2) is 88.0 Å². The van der Waals surface area contributed by atoms with Gasteiger partial charge in [0.05, 0.1) is 18.1 Å². The van der Waals surface area contributed by atoms with Crippen molar-refractivity contribution in [3.05, 3.63) is 11.6 Å². The zero-order valence-electron chi connectivity index (χ0n) is 31.2. The van der Waals surface area contributed by atoms with E-state index in [0.717, 1.165) is 64.2 Å². The lowest BCUT2D eigenvalue weighted by Crippen LogP contribution is -2.69. The molecular weight excluding hydrogens is 640 g/mol. The van der Waals surface area contributed by atoms with Crippen molar-refractivity contribution in [2.45, 2.75) is 149 Å². The SMILES string of the molecule is COC[C@@H]1CC(C)(C)C[C@H]2C3=CC[C@@H]4[C@@]5(C)CC[C@H](O[C@@H]6O[C@H](C(=O)O)[C@@H](O)[C@H](O)[C@H]6O)[C@@]6(C)CCC[C@@H](C[C@@]4(C)[C@]3(C)CC[C@@]12C(=O)O)[C@@H]65. The second-order valence-corrected chi connectivity index (χ2v) is 19.6. The maximum absolute atomic E-state index is 13.5. The van der Waals surface area contributed by atoms with Crippen molar-refractivity contribution in [1.82, 2.24) is 0 Å². The van der Waals surface area contributed by atoms with E-state index in [1.165, 1.54) is 5.57 Å². The molecule has 5 N–H and O–H groups in total. The van der Waals surface area contributed by atoms with Crippen molar-refractivity contribution in [2.75, 3.05) is 13.7 Å². The monoisotopic (exact) mass is 702 g/mol. The summed E-state index contributed by atoms with van der Waals surface area (Å²) in [7, 11) is 1.70. The van der Waals surface area contributed by atoms with Crippen LogP contribution >= 0.6 is 0 Å². The Labute approximate surface area is 297 Å². The predicted octanol–water partition coefficient (Wildman–Crippen LogP) is 5.41. The number of ether oxygens (including phenoxy) is 3. The molecule has 0 bridgehead atoms. The molecule has 0 spiro atoms. The molecule has 5 saturated carbocycles. The van der Waals surface area contributed by atoms with Gasteiger partial charge in [-0.05, 0) is 114 Å². The number of carboxylic acids is 2. The highest BCUT2D eigenvalue weighted by molar-refractivity contribution is 5.77. The van der Waals surface area contributed by atoms with Gasteiger partial charge in [0.15, 0.2) is 12.4 Å². The van der Waals surface area contributed by atoms with Gasteiger partial charge in [0, 0.05) is 7.11 Å². The Morgan fingerprint density at radius 2 is 1.60 bits per heavy atom. The van der Waals surface area contributed by atoms with Gasteiger partial charge in [0.25, 0.3) is 0 Å². The molecule has 0 aromatic rings. The smallest absolute Gasteiger partial charge is 0.335 e. The molecule has 1 aliphatic heterocycles. The fraction of sp³-hybridized carbons (Fsp3) is 0.900. The number of hydrogen-bond acceptors (Lipinski definition) is 8. The van der Waals surface area contributed by atoms with E-state index in [4.69, 9.17) is 14.2 Å². The van der Waals surface area contributed by atoms with Gasteiger partial charge in [-0.1, -0.05) is 66.0 Å².